The van der Waals surface area contributed by atoms with Crippen LogP contribution in [0.2, 0.25) is 0 Å². The Bertz CT molecular complexity index is 477. The molecule has 8 heteroatoms. The molecule has 2 saturated heterocycles. The van der Waals surface area contributed by atoms with Gasteiger partial charge in [-0.25, -0.2) is 0 Å². The Kier molecular flexibility index (Phi) is 3.50. The Morgan fingerprint density at radius 3 is 1.61 bits per heavy atom. The summed E-state index contributed by atoms with van der Waals surface area (Å²) in [6.45, 7) is 4.15. The lowest BCUT2D eigenvalue weighted by molar-refractivity contribution is 0.0768. The maximum atomic E-state index is 11.4. The van der Waals surface area contributed by atoms with Crippen LogP contribution in [-0.2, 0) is 28.6 Å². The fourth-order valence-corrected chi connectivity index (χ4v) is 5.60. The molecular formula is C10H18O6S2. The summed E-state index contributed by atoms with van der Waals surface area (Å²) < 4.78 is 55.1. The smallest absolute Gasteiger partial charge is 0.267 e. The fraction of sp³-hybridized carbons (Fsp3) is 1.00. The first-order chi connectivity index (χ1) is 8.19. The van der Waals surface area contributed by atoms with Crippen LogP contribution < -0.4 is 0 Å². The van der Waals surface area contributed by atoms with Gasteiger partial charge in [-0.05, 0) is 11.8 Å². The van der Waals surface area contributed by atoms with Crippen LogP contribution in [-0.4, -0.2) is 41.6 Å². The van der Waals surface area contributed by atoms with E-state index in [4.69, 9.17) is 8.37 Å². The Morgan fingerprint density at radius 1 is 1.00 bits per heavy atom. The van der Waals surface area contributed by atoms with Crippen molar-refractivity contribution >= 4 is 20.2 Å². The summed E-state index contributed by atoms with van der Waals surface area (Å²) in [7, 11) is -6.87. The largest absolute Gasteiger partial charge is 0.270 e. The molecule has 2 heterocycles. The van der Waals surface area contributed by atoms with Gasteiger partial charge in [0.15, 0.2) is 0 Å². The van der Waals surface area contributed by atoms with Gasteiger partial charge in [0.25, 0.3) is 20.2 Å². The molecule has 2 fully saturated rings. The maximum absolute atomic E-state index is 11.4. The molecule has 0 amide bonds. The van der Waals surface area contributed by atoms with E-state index in [0.717, 1.165) is 0 Å². The number of hydrogen-bond donors (Lipinski definition) is 0. The van der Waals surface area contributed by atoms with E-state index in [1.165, 1.54) is 0 Å². The number of rotatable bonds is 3. The molecule has 0 aromatic carbocycles. The van der Waals surface area contributed by atoms with Gasteiger partial charge < -0.3 is 0 Å². The van der Waals surface area contributed by atoms with E-state index in [-0.39, 0.29) is 36.6 Å². The van der Waals surface area contributed by atoms with Crippen molar-refractivity contribution in [1.29, 1.82) is 0 Å². The molecule has 6 nitrogen and oxygen atoms in total. The second kappa shape index (κ2) is 4.43. The molecule has 2 unspecified atom stereocenters. The second-order valence-electron chi connectivity index (χ2n) is 5.27. The van der Waals surface area contributed by atoms with Crippen molar-refractivity contribution in [3.05, 3.63) is 0 Å². The minimum atomic E-state index is -3.44. The first-order valence-electron chi connectivity index (χ1n) is 5.93. The third-order valence-electron chi connectivity index (χ3n) is 4.34. The van der Waals surface area contributed by atoms with Gasteiger partial charge >= 0.3 is 0 Å². The van der Waals surface area contributed by atoms with Crippen molar-refractivity contribution in [2.45, 2.75) is 20.3 Å². The maximum Gasteiger partial charge on any atom is 0.267 e. The van der Waals surface area contributed by atoms with E-state index in [2.05, 4.69) is 0 Å². The standard InChI is InChI=1S/C10H18O6S2/c1-3-10(2,8-4-15-17(11,12)6-8)9-5-16-18(13,14)7-9/h8-9H,3-7H2,1-2H3. The van der Waals surface area contributed by atoms with E-state index in [9.17, 15) is 16.8 Å². The van der Waals surface area contributed by atoms with Crippen molar-refractivity contribution in [3.63, 3.8) is 0 Å². The monoisotopic (exact) mass is 298 g/mol. The molecule has 106 valence electrons. The highest BCUT2D eigenvalue weighted by atomic mass is 32.2. The van der Waals surface area contributed by atoms with Crippen LogP contribution in [0.15, 0.2) is 0 Å². The lowest BCUT2D eigenvalue weighted by Crippen LogP contribution is -2.39. The molecule has 2 aliphatic heterocycles. The minimum absolute atomic E-state index is 0.0338. The Morgan fingerprint density at radius 2 is 1.39 bits per heavy atom. The summed E-state index contributed by atoms with van der Waals surface area (Å²) in [4.78, 5) is 0. The second-order valence-corrected chi connectivity index (χ2v) is 8.64. The van der Waals surface area contributed by atoms with Gasteiger partial charge in [0.1, 0.15) is 0 Å². The van der Waals surface area contributed by atoms with Crippen molar-refractivity contribution in [3.8, 4) is 0 Å². The van der Waals surface area contributed by atoms with E-state index < -0.39 is 25.7 Å². The summed E-state index contributed by atoms with van der Waals surface area (Å²) in [5.74, 6) is -0.411. The van der Waals surface area contributed by atoms with E-state index in [1.807, 2.05) is 13.8 Å². The number of hydrogen-bond acceptors (Lipinski definition) is 6. The quantitative estimate of drug-likeness (QED) is 0.699. The lowest BCUT2D eigenvalue weighted by atomic mass is 9.68. The van der Waals surface area contributed by atoms with Crippen LogP contribution in [0, 0.1) is 17.3 Å². The zero-order valence-corrected chi connectivity index (χ0v) is 12.1. The van der Waals surface area contributed by atoms with Crippen LogP contribution >= 0.6 is 0 Å². The van der Waals surface area contributed by atoms with Crippen LogP contribution in [0.5, 0.6) is 0 Å². The summed E-state index contributed by atoms with van der Waals surface area (Å²) in [5, 5.41) is 0. The average Bonchev–Trinajstić information content (AvgIpc) is 2.80. The SMILES string of the molecule is CCC(C)(C1COS(=O)(=O)C1)C1COS(=O)(=O)C1. The predicted octanol–water partition coefficient (Wildman–Crippen LogP) is 0.355. The van der Waals surface area contributed by atoms with Gasteiger partial charge in [-0.3, -0.25) is 8.37 Å². The van der Waals surface area contributed by atoms with Crippen LogP contribution in [0.3, 0.4) is 0 Å². The molecule has 0 radical (unpaired) electrons. The van der Waals surface area contributed by atoms with Gasteiger partial charge in [0.05, 0.1) is 24.7 Å². The topological polar surface area (TPSA) is 86.7 Å². The van der Waals surface area contributed by atoms with Crippen molar-refractivity contribution in [2.24, 2.45) is 17.3 Å². The molecule has 0 spiro atoms. The first-order valence-corrected chi connectivity index (χ1v) is 9.08. The normalized spacial score (nSPS) is 37.4. The van der Waals surface area contributed by atoms with Crippen molar-refractivity contribution in [2.75, 3.05) is 24.7 Å². The molecule has 0 N–H and O–H groups in total. The Labute approximate surface area is 108 Å². The Balaban J connectivity index is 2.21. The lowest BCUT2D eigenvalue weighted by Gasteiger charge is -2.37. The Hall–Kier alpha value is -0.180. The molecule has 2 atom stereocenters. The van der Waals surface area contributed by atoms with Crippen LogP contribution in [0.4, 0.5) is 0 Å². The average molecular weight is 298 g/mol. The van der Waals surface area contributed by atoms with Crippen LogP contribution in [0.1, 0.15) is 20.3 Å². The predicted molar refractivity (Wildman–Crippen MR) is 64.9 cm³/mol. The molecule has 2 rings (SSSR count). The summed E-state index contributed by atoms with van der Waals surface area (Å²) in [5.41, 5.74) is -0.396. The summed E-state index contributed by atoms with van der Waals surface area (Å²) in [6.07, 6.45) is 0.695. The van der Waals surface area contributed by atoms with Gasteiger partial charge in [-0.2, -0.15) is 16.8 Å². The summed E-state index contributed by atoms with van der Waals surface area (Å²) in [6, 6.07) is 0. The highest BCUT2D eigenvalue weighted by Crippen LogP contribution is 2.45. The van der Waals surface area contributed by atoms with Gasteiger partial charge in [-0.15, -0.1) is 0 Å². The van der Waals surface area contributed by atoms with Gasteiger partial charge in [0, 0.05) is 11.8 Å². The van der Waals surface area contributed by atoms with E-state index >= 15 is 0 Å². The first kappa shape index (κ1) is 14.2. The van der Waals surface area contributed by atoms with Crippen LogP contribution in [0.25, 0.3) is 0 Å². The highest BCUT2D eigenvalue weighted by Gasteiger charge is 2.49. The zero-order chi connectivity index (χ0) is 13.6. The van der Waals surface area contributed by atoms with E-state index in [0.29, 0.717) is 6.42 Å². The van der Waals surface area contributed by atoms with Crippen molar-refractivity contribution in [1.82, 2.24) is 0 Å². The molecule has 0 aromatic heterocycles. The van der Waals surface area contributed by atoms with Crippen molar-refractivity contribution < 1.29 is 25.2 Å². The fourth-order valence-electron chi connectivity index (χ4n) is 2.73. The third-order valence-corrected chi connectivity index (χ3v) is 6.95. The minimum Gasteiger partial charge on any atom is -0.270 e. The highest BCUT2D eigenvalue weighted by molar-refractivity contribution is 7.87. The van der Waals surface area contributed by atoms with Gasteiger partial charge in [0.2, 0.25) is 0 Å². The summed E-state index contributed by atoms with van der Waals surface area (Å²) >= 11 is 0. The molecule has 0 bridgehead atoms. The molecule has 18 heavy (non-hydrogen) atoms. The third kappa shape index (κ3) is 2.56. The van der Waals surface area contributed by atoms with Gasteiger partial charge in [-0.1, -0.05) is 13.8 Å². The zero-order valence-electron chi connectivity index (χ0n) is 10.5. The molecular weight excluding hydrogens is 280 g/mol. The van der Waals surface area contributed by atoms with E-state index in [1.54, 1.807) is 0 Å². The molecule has 0 saturated carbocycles. The molecule has 2 aliphatic rings. The molecule has 0 aliphatic carbocycles. The molecule has 0 aromatic rings.